The van der Waals surface area contributed by atoms with Crippen molar-refractivity contribution < 1.29 is 18.0 Å². The lowest BCUT2D eigenvalue weighted by molar-refractivity contribution is -0.139. The lowest BCUT2D eigenvalue weighted by Crippen LogP contribution is -2.35. The number of alkyl halides is 3. The quantitative estimate of drug-likeness (QED) is 0.756. The molecule has 1 saturated heterocycles. The molecule has 1 aliphatic rings. The SMILES string of the molecule is CC1NCC(=O)N1CCCC(F)(F)F. The lowest BCUT2D eigenvalue weighted by Gasteiger charge is -2.20. The third kappa shape index (κ3) is 3.17. The number of halogens is 3. The van der Waals surface area contributed by atoms with Crippen molar-refractivity contribution in [3.63, 3.8) is 0 Å². The number of amides is 1. The smallest absolute Gasteiger partial charge is 0.326 e. The van der Waals surface area contributed by atoms with Crippen LogP contribution in [0.5, 0.6) is 0 Å². The van der Waals surface area contributed by atoms with E-state index in [1.165, 1.54) is 4.90 Å². The molecular weight excluding hydrogens is 197 g/mol. The van der Waals surface area contributed by atoms with Crippen LogP contribution in [0.15, 0.2) is 0 Å². The van der Waals surface area contributed by atoms with Gasteiger partial charge in [0.05, 0.1) is 12.7 Å². The van der Waals surface area contributed by atoms with Crippen molar-refractivity contribution in [3.05, 3.63) is 0 Å². The molecule has 82 valence electrons. The van der Waals surface area contributed by atoms with E-state index in [2.05, 4.69) is 5.32 Å². The fourth-order valence-corrected chi connectivity index (χ4v) is 1.43. The van der Waals surface area contributed by atoms with E-state index in [1.54, 1.807) is 6.92 Å². The van der Waals surface area contributed by atoms with Gasteiger partial charge in [0, 0.05) is 13.0 Å². The number of hydrogen-bond acceptors (Lipinski definition) is 2. The molecule has 0 aliphatic carbocycles. The van der Waals surface area contributed by atoms with Crippen LogP contribution in [0.2, 0.25) is 0 Å². The van der Waals surface area contributed by atoms with Crippen LogP contribution >= 0.6 is 0 Å². The van der Waals surface area contributed by atoms with Crippen molar-refractivity contribution in [3.8, 4) is 0 Å². The summed E-state index contributed by atoms with van der Waals surface area (Å²) in [5.74, 6) is -0.125. The Balaban J connectivity index is 2.27. The Kier molecular flexibility index (Phi) is 3.36. The van der Waals surface area contributed by atoms with E-state index >= 15 is 0 Å². The van der Waals surface area contributed by atoms with Gasteiger partial charge in [-0.2, -0.15) is 13.2 Å². The summed E-state index contributed by atoms with van der Waals surface area (Å²) < 4.78 is 35.4. The van der Waals surface area contributed by atoms with Crippen LogP contribution in [0.1, 0.15) is 19.8 Å². The second kappa shape index (κ2) is 4.16. The van der Waals surface area contributed by atoms with Gasteiger partial charge in [-0.15, -0.1) is 0 Å². The Morgan fingerprint density at radius 1 is 1.57 bits per heavy atom. The standard InChI is InChI=1S/C8H13F3N2O/c1-6-12-5-7(14)13(6)4-2-3-8(9,10)11/h6,12H,2-5H2,1H3. The molecule has 1 N–H and O–H groups in total. The van der Waals surface area contributed by atoms with Gasteiger partial charge < -0.3 is 4.90 Å². The minimum Gasteiger partial charge on any atom is -0.326 e. The average molecular weight is 210 g/mol. The molecule has 1 fully saturated rings. The summed E-state index contributed by atoms with van der Waals surface area (Å²) in [6, 6.07) is 0. The third-order valence-electron chi connectivity index (χ3n) is 2.20. The maximum absolute atomic E-state index is 11.8. The molecule has 0 aromatic heterocycles. The van der Waals surface area contributed by atoms with Crippen LogP contribution in [0.25, 0.3) is 0 Å². The zero-order chi connectivity index (χ0) is 10.8. The highest BCUT2D eigenvalue weighted by atomic mass is 19.4. The van der Waals surface area contributed by atoms with Crippen molar-refractivity contribution in [1.29, 1.82) is 0 Å². The van der Waals surface area contributed by atoms with Crippen molar-refractivity contribution in [2.24, 2.45) is 0 Å². The van der Waals surface area contributed by atoms with Crippen LogP contribution in [0, 0.1) is 0 Å². The van der Waals surface area contributed by atoms with Crippen molar-refractivity contribution in [1.82, 2.24) is 10.2 Å². The van der Waals surface area contributed by atoms with Gasteiger partial charge in [0.2, 0.25) is 5.91 Å². The van der Waals surface area contributed by atoms with Crippen molar-refractivity contribution in [2.75, 3.05) is 13.1 Å². The maximum atomic E-state index is 11.8. The van der Waals surface area contributed by atoms with Gasteiger partial charge in [-0.3, -0.25) is 10.1 Å². The van der Waals surface area contributed by atoms with Crippen LogP contribution in [-0.2, 0) is 4.79 Å². The normalized spacial score (nSPS) is 23.3. The Morgan fingerprint density at radius 2 is 2.21 bits per heavy atom. The molecular formula is C8H13F3N2O. The molecule has 0 aromatic carbocycles. The van der Waals surface area contributed by atoms with Gasteiger partial charge in [-0.1, -0.05) is 0 Å². The van der Waals surface area contributed by atoms with E-state index in [9.17, 15) is 18.0 Å². The molecule has 6 heteroatoms. The second-order valence-electron chi connectivity index (χ2n) is 3.36. The van der Waals surface area contributed by atoms with Crippen LogP contribution in [0.3, 0.4) is 0 Å². The zero-order valence-electron chi connectivity index (χ0n) is 7.90. The molecule has 0 saturated carbocycles. The number of nitrogens with one attached hydrogen (secondary N) is 1. The molecule has 1 aliphatic heterocycles. The zero-order valence-corrected chi connectivity index (χ0v) is 7.90. The minimum atomic E-state index is -4.13. The summed E-state index contributed by atoms with van der Waals surface area (Å²) in [7, 11) is 0. The van der Waals surface area contributed by atoms with Gasteiger partial charge >= 0.3 is 6.18 Å². The van der Waals surface area contributed by atoms with Crippen LogP contribution < -0.4 is 5.32 Å². The first-order valence-corrected chi connectivity index (χ1v) is 4.50. The number of carbonyl (C=O) groups excluding carboxylic acids is 1. The molecule has 14 heavy (non-hydrogen) atoms. The predicted octanol–water partition coefficient (Wildman–Crippen LogP) is 1.11. The summed E-state index contributed by atoms with van der Waals surface area (Å²) in [4.78, 5) is 12.6. The molecule has 1 amide bonds. The maximum Gasteiger partial charge on any atom is 0.389 e. The fraction of sp³-hybridized carbons (Fsp3) is 0.875. The topological polar surface area (TPSA) is 32.3 Å². The van der Waals surface area contributed by atoms with Crippen LogP contribution in [0.4, 0.5) is 13.2 Å². The Labute approximate surface area is 80.3 Å². The summed E-state index contributed by atoms with van der Waals surface area (Å²) >= 11 is 0. The first-order chi connectivity index (χ1) is 6.40. The summed E-state index contributed by atoms with van der Waals surface area (Å²) in [5.41, 5.74) is 0. The minimum absolute atomic E-state index is 0.0265. The first-order valence-electron chi connectivity index (χ1n) is 4.50. The molecule has 1 heterocycles. The van der Waals surface area contributed by atoms with Gasteiger partial charge in [0.25, 0.3) is 0 Å². The molecule has 1 atom stereocenters. The summed E-state index contributed by atoms with van der Waals surface area (Å²) in [6.07, 6.45) is -5.12. The van der Waals surface area contributed by atoms with E-state index in [0.717, 1.165) is 0 Å². The predicted molar refractivity (Wildman–Crippen MR) is 44.5 cm³/mol. The highest BCUT2D eigenvalue weighted by Gasteiger charge is 2.30. The first kappa shape index (κ1) is 11.3. The van der Waals surface area contributed by atoms with Gasteiger partial charge in [0.15, 0.2) is 0 Å². The lowest BCUT2D eigenvalue weighted by atomic mass is 10.3. The third-order valence-corrected chi connectivity index (χ3v) is 2.20. The number of carbonyl (C=O) groups is 1. The summed E-state index contributed by atoms with van der Waals surface area (Å²) in [6.45, 7) is 2.16. The molecule has 0 spiro atoms. The molecule has 0 aromatic rings. The van der Waals surface area contributed by atoms with E-state index < -0.39 is 12.6 Å². The van der Waals surface area contributed by atoms with Gasteiger partial charge in [-0.05, 0) is 13.3 Å². The Bertz CT molecular complexity index is 217. The number of rotatable bonds is 3. The monoisotopic (exact) mass is 210 g/mol. The largest absolute Gasteiger partial charge is 0.389 e. The van der Waals surface area contributed by atoms with Crippen molar-refractivity contribution in [2.45, 2.75) is 32.1 Å². The van der Waals surface area contributed by atoms with Gasteiger partial charge in [-0.25, -0.2) is 0 Å². The van der Waals surface area contributed by atoms with E-state index in [0.29, 0.717) is 0 Å². The molecule has 0 radical (unpaired) electrons. The molecule has 1 rings (SSSR count). The fourth-order valence-electron chi connectivity index (χ4n) is 1.43. The highest BCUT2D eigenvalue weighted by molar-refractivity contribution is 5.80. The number of nitrogens with zero attached hydrogens (tertiary/aromatic N) is 1. The summed E-state index contributed by atoms with van der Waals surface area (Å²) in [5, 5.41) is 2.86. The highest BCUT2D eigenvalue weighted by Crippen LogP contribution is 2.21. The molecule has 0 bridgehead atoms. The van der Waals surface area contributed by atoms with Crippen molar-refractivity contribution >= 4 is 5.91 Å². The van der Waals surface area contributed by atoms with Gasteiger partial charge in [0.1, 0.15) is 0 Å². The number of hydrogen-bond donors (Lipinski definition) is 1. The Morgan fingerprint density at radius 3 is 2.64 bits per heavy atom. The molecule has 3 nitrogen and oxygen atoms in total. The molecule has 1 unspecified atom stereocenters. The van der Waals surface area contributed by atoms with E-state index in [-0.39, 0.29) is 31.6 Å². The van der Waals surface area contributed by atoms with E-state index in [1.807, 2.05) is 0 Å². The Hall–Kier alpha value is -0.780. The average Bonchev–Trinajstić information content (AvgIpc) is 2.33. The van der Waals surface area contributed by atoms with E-state index in [4.69, 9.17) is 0 Å². The van der Waals surface area contributed by atoms with Crippen LogP contribution in [-0.4, -0.2) is 36.2 Å². The second-order valence-corrected chi connectivity index (χ2v) is 3.36.